The molecule has 0 aliphatic heterocycles. The molecule has 0 aromatic heterocycles. The van der Waals surface area contributed by atoms with Crippen LogP contribution in [0.4, 0.5) is 11.4 Å². The van der Waals surface area contributed by atoms with E-state index in [2.05, 4.69) is 56.8 Å². The van der Waals surface area contributed by atoms with Crippen molar-refractivity contribution in [3.05, 3.63) is 48.5 Å². The number of benzene rings is 3. The lowest BCUT2D eigenvalue weighted by atomic mass is 10.0. The van der Waals surface area contributed by atoms with Crippen LogP contribution in [0, 0.1) is 0 Å². The van der Waals surface area contributed by atoms with Crippen molar-refractivity contribution >= 4 is 67.7 Å². The van der Waals surface area contributed by atoms with Crippen LogP contribution in [0.2, 0.25) is 0 Å². The third kappa shape index (κ3) is 2.18. The van der Waals surface area contributed by atoms with Gasteiger partial charge in [-0.25, -0.2) is 0 Å². The summed E-state index contributed by atoms with van der Waals surface area (Å²) in [6.45, 7) is 0. The van der Waals surface area contributed by atoms with Crippen LogP contribution in [0.15, 0.2) is 58.5 Å². The lowest BCUT2D eigenvalue weighted by molar-refractivity contribution is 1.51. The summed E-state index contributed by atoms with van der Waals surface area (Å²) in [4.78, 5) is 8.19. The van der Waals surface area contributed by atoms with Crippen molar-refractivity contribution in [1.29, 1.82) is 0 Å². The van der Waals surface area contributed by atoms with E-state index in [0.717, 1.165) is 16.2 Å². The molecule has 3 aromatic carbocycles. The number of rotatable bonds is 2. The summed E-state index contributed by atoms with van der Waals surface area (Å²) in [5.41, 5.74) is 1.33. The summed E-state index contributed by atoms with van der Waals surface area (Å²) in [7, 11) is 0. The fourth-order valence-electron chi connectivity index (χ4n) is 2.29. The summed E-state index contributed by atoms with van der Waals surface area (Å²) in [6.07, 6.45) is 0. The molecule has 94 valence electrons. The summed E-state index contributed by atoms with van der Waals surface area (Å²) in [5.74, 6) is 0. The molecule has 0 N–H and O–H groups in total. The van der Waals surface area contributed by atoms with Gasteiger partial charge >= 0.3 is 0 Å². The maximum Gasteiger partial charge on any atom is 0.108 e. The molecule has 4 heteroatoms. The minimum absolute atomic E-state index is 0.653. The molecule has 0 spiro atoms. The summed E-state index contributed by atoms with van der Waals surface area (Å²) in [6, 6.07) is 16.2. The molecular formula is C16H8N2S2. The highest BCUT2D eigenvalue weighted by molar-refractivity contribution is 7.78. The van der Waals surface area contributed by atoms with Crippen LogP contribution in [0.25, 0.3) is 21.5 Å². The third-order valence-electron chi connectivity index (χ3n) is 3.16. The van der Waals surface area contributed by atoms with Crippen molar-refractivity contribution in [3.63, 3.8) is 0 Å². The molecule has 0 amide bonds. The molecule has 3 rings (SSSR count). The fourth-order valence-corrected chi connectivity index (χ4v) is 2.48. The van der Waals surface area contributed by atoms with E-state index in [9.17, 15) is 0 Å². The van der Waals surface area contributed by atoms with Gasteiger partial charge in [0.25, 0.3) is 0 Å². The maximum absolute atomic E-state index is 4.73. The van der Waals surface area contributed by atoms with Gasteiger partial charge in [0.15, 0.2) is 0 Å². The summed E-state index contributed by atoms with van der Waals surface area (Å²) >= 11 is 9.40. The first kappa shape index (κ1) is 12.8. The van der Waals surface area contributed by atoms with E-state index < -0.39 is 0 Å². The van der Waals surface area contributed by atoms with Crippen molar-refractivity contribution in [2.45, 2.75) is 0 Å². The zero-order valence-corrected chi connectivity index (χ0v) is 12.0. The Balaban J connectivity index is 2.48. The molecule has 0 heterocycles. The first-order valence-corrected chi connectivity index (χ1v) is 6.76. The van der Waals surface area contributed by atoms with E-state index >= 15 is 0 Å². The molecule has 0 aliphatic carbocycles. The quantitative estimate of drug-likeness (QED) is 0.356. The van der Waals surface area contributed by atoms with Crippen LogP contribution in [0.5, 0.6) is 0 Å². The predicted octanol–water partition coefficient (Wildman–Crippen LogP) is 5.46. The van der Waals surface area contributed by atoms with Crippen LogP contribution in [-0.2, 0) is 0 Å². The Hall–Kier alpha value is -2.22. The average Bonchev–Trinajstić information content (AvgIpc) is 2.48. The van der Waals surface area contributed by atoms with Crippen LogP contribution in [0.3, 0.4) is 0 Å². The van der Waals surface area contributed by atoms with Crippen LogP contribution in [0.1, 0.15) is 0 Å². The lowest BCUT2D eigenvalue weighted by Gasteiger charge is -2.06. The van der Waals surface area contributed by atoms with Gasteiger partial charge < -0.3 is 0 Å². The first-order chi connectivity index (χ1) is 9.83. The van der Waals surface area contributed by atoms with E-state index in [4.69, 9.17) is 12.2 Å². The van der Waals surface area contributed by atoms with E-state index in [-0.39, 0.29) is 0 Å². The van der Waals surface area contributed by atoms with E-state index in [1.807, 2.05) is 24.3 Å². The lowest BCUT2D eigenvalue weighted by Crippen LogP contribution is -1.78. The standard InChI is InChI=1S/C16H8N2S2/c19-9-17-15-6-5-13-7-11-3-1-2-4-12(11)8-14(13)16(15)18-10-20/h1-8H. The van der Waals surface area contributed by atoms with Crippen molar-refractivity contribution in [2.75, 3.05) is 0 Å². The number of nitrogens with zero attached hydrogens (tertiary/aromatic N) is 2. The van der Waals surface area contributed by atoms with Gasteiger partial charge in [0.05, 0.1) is 10.3 Å². The number of hydrogen-bond acceptors (Lipinski definition) is 4. The van der Waals surface area contributed by atoms with Crippen molar-refractivity contribution in [3.8, 4) is 0 Å². The number of thiocarbonyl (C=S) groups is 2. The monoisotopic (exact) mass is 292 g/mol. The molecule has 0 bridgehead atoms. The van der Waals surface area contributed by atoms with Crippen molar-refractivity contribution in [2.24, 2.45) is 9.98 Å². The summed E-state index contributed by atoms with van der Waals surface area (Å²) < 4.78 is 0. The second-order valence-corrected chi connectivity index (χ2v) is 4.63. The molecular weight excluding hydrogens is 284 g/mol. The molecule has 0 fully saturated rings. The van der Waals surface area contributed by atoms with E-state index in [1.54, 1.807) is 0 Å². The minimum atomic E-state index is 0.653. The molecule has 20 heavy (non-hydrogen) atoms. The highest BCUT2D eigenvalue weighted by Gasteiger charge is 2.07. The Bertz CT molecular complexity index is 918. The second-order valence-electron chi connectivity index (χ2n) is 4.26. The SMILES string of the molecule is S=C=Nc1ccc2cc3ccccc3cc2c1N=C=S. The number of fused-ring (bicyclic) bond motifs is 2. The molecule has 0 radical (unpaired) electrons. The fraction of sp³-hybridized carbons (Fsp3) is 0. The molecule has 3 aromatic rings. The van der Waals surface area contributed by atoms with Crippen molar-refractivity contribution in [1.82, 2.24) is 0 Å². The van der Waals surface area contributed by atoms with Gasteiger partial charge in [0.1, 0.15) is 11.4 Å². The topological polar surface area (TPSA) is 24.7 Å². The molecule has 0 saturated heterocycles. The van der Waals surface area contributed by atoms with Gasteiger partial charge in [-0.05, 0) is 58.8 Å². The first-order valence-electron chi connectivity index (χ1n) is 5.95. The zero-order valence-electron chi connectivity index (χ0n) is 10.3. The largest absolute Gasteiger partial charge is 0.192 e. The van der Waals surface area contributed by atoms with Gasteiger partial charge in [-0.15, -0.1) is 0 Å². The van der Waals surface area contributed by atoms with Crippen LogP contribution < -0.4 is 0 Å². The Morgan fingerprint density at radius 1 is 0.750 bits per heavy atom. The predicted molar refractivity (Wildman–Crippen MR) is 90.8 cm³/mol. The van der Waals surface area contributed by atoms with Gasteiger partial charge in [-0.3, -0.25) is 0 Å². The second kappa shape index (κ2) is 5.41. The van der Waals surface area contributed by atoms with Crippen LogP contribution in [-0.4, -0.2) is 10.3 Å². The Morgan fingerprint density at radius 2 is 1.45 bits per heavy atom. The Morgan fingerprint density at radius 3 is 2.15 bits per heavy atom. The molecule has 0 unspecified atom stereocenters. The van der Waals surface area contributed by atoms with Gasteiger partial charge in [0.2, 0.25) is 0 Å². The van der Waals surface area contributed by atoms with Crippen LogP contribution >= 0.6 is 24.4 Å². The molecule has 2 nitrogen and oxygen atoms in total. The molecule has 0 saturated carbocycles. The Kier molecular flexibility index (Phi) is 3.46. The average molecular weight is 292 g/mol. The smallest absolute Gasteiger partial charge is 0.108 e. The Labute approximate surface area is 126 Å². The number of aliphatic imine (C=N–C) groups is 2. The minimum Gasteiger partial charge on any atom is -0.192 e. The highest BCUT2D eigenvalue weighted by atomic mass is 32.1. The van der Waals surface area contributed by atoms with Gasteiger partial charge in [-0.2, -0.15) is 9.98 Å². The normalized spacial score (nSPS) is 10.0. The van der Waals surface area contributed by atoms with E-state index in [0.29, 0.717) is 11.4 Å². The molecule has 0 atom stereocenters. The van der Waals surface area contributed by atoms with Gasteiger partial charge in [-0.1, -0.05) is 30.3 Å². The number of hydrogen-bond donors (Lipinski definition) is 0. The number of isothiocyanates is 2. The summed E-state index contributed by atoms with van der Waals surface area (Å²) in [5, 5.41) is 9.17. The third-order valence-corrected chi connectivity index (χ3v) is 3.34. The van der Waals surface area contributed by atoms with Gasteiger partial charge in [0, 0.05) is 5.39 Å². The highest BCUT2D eigenvalue weighted by Crippen LogP contribution is 2.37. The van der Waals surface area contributed by atoms with Crippen molar-refractivity contribution < 1.29 is 0 Å². The van der Waals surface area contributed by atoms with E-state index in [1.165, 1.54) is 5.39 Å². The maximum atomic E-state index is 4.73. The molecule has 0 aliphatic rings. The zero-order chi connectivity index (χ0) is 13.9.